The van der Waals surface area contributed by atoms with E-state index in [1.165, 1.54) is 20.3 Å². The monoisotopic (exact) mass is 315 g/mol. The molecule has 0 aliphatic carbocycles. The van der Waals surface area contributed by atoms with Gasteiger partial charge in [-0.05, 0) is 29.8 Å². The molecule has 6 heteroatoms. The molecule has 23 heavy (non-hydrogen) atoms. The Bertz CT molecular complexity index is 742. The summed E-state index contributed by atoms with van der Waals surface area (Å²) in [6.45, 7) is 0. The number of carbonyl (C=O) groups excluding carboxylic acids is 1. The van der Waals surface area contributed by atoms with E-state index in [0.29, 0.717) is 28.2 Å². The fourth-order valence-electron chi connectivity index (χ4n) is 2.16. The van der Waals surface area contributed by atoms with Crippen LogP contribution in [0.25, 0.3) is 0 Å². The summed E-state index contributed by atoms with van der Waals surface area (Å²) in [5.74, 6) is -0.450. The van der Waals surface area contributed by atoms with Gasteiger partial charge in [-0.25, -0.2) is 0 Å². The summed E-state index contributed by atoms with van der Waals surface area (Å²) >= 11 is 0. The Morgan fingerprint density at radius 3 is 2.26 bits per heavy atom. The standard InChI is InChI=1S/C17H17NO5/c1-22-13-7-6-12(9-14(13)23-2)16(19)11-5-3-4-10(8-11)15(18)17(20)21/h3-9,15H,18H2,1-2H3,(H,20,21). The first-order valence-corrected chi connectivity index (χ1v) is 6.83. The van der Waals surface area contributed by atoms with Gasteiger partial charge in [0.2, 0.25) is 0 Å². The van der Waals surface area contributed by atoms with E-state index in [-0.39, 0.29) is 5.78 Å². The lowest BCUT2D eigenvalue weighted by Gasteiger charge is -2.11. The zero-order chi connectivity index (χ0) is 17.0. The van der Waals surface area contributed by atoms with Crippen LogP contribution in [0.4, 0.5) is 0 Å². The number of aliphatic carboxylic acids is 1. The van der Waals surface area contributed by atoms with Crippen molar-refractivity contribution in [2.24, 2.45) is 5.73 Å². The van der Waals surface area contributed by atoms with E-state index < -0.39 is 12.0 Å². The molecule has 0 amide bonds. The Balaban J connectivity index is 2.37. The van der Waals surface area contributed by atoms with Crippen molar-refractivity contribution in [2.75, 3.05) is 14.2 Å². The minimum Gasteiger partial charge on any atom is -0.493 e. The fourth-order valence-corrected chi connectivity index (χ4v) is 2.16. The molecule has 0 bridgehead atoms. The maximum Gasteiger partial charge on any atom is 0.325 e. The molecule has 2 aromatic carbocycles. The number of ether oxygens (including phenoxy) is 2. The summed E-state index contributed by atoms with van der Waals surface area (Å²) in [4.78, 5) is 23.5. The van der Waals surface area contributed by atoms with Crippen LogP contribution in [0.5, 0.6) is 11.5 Å². The smallest absolute Gasteiger partial charge is 0.325 e. The Hall–Kier alpha value is -2.86. The van der Waals surface area contributed by atoms with Gasteiger partial charge in [0, 0.05) is 11.1 Å². The molecule has 1 unspecified atom stereocenters. The van der Waals surface area contributed by atoms with Crippen LogP contribution in [-0.4, -0.2) is 31.1 Å². The van der Waals surface area contributed by atoms with Gasteiger partial charge in [0.25, 0.3) is 0 Å². The maximum atomic E-state index is 12.6. The van der Waals surface area contributed by atoms with E-state index in [9.17, 15) is 9.59 Å². The number of rotatable bonds is 6. The van der Waals surface area contributed by atoms with Crippen LogP contribution in [-0.2, 0) is 4.79 Å². The van der Waals surface area contributed by atoms with Crippen LogP contribution in [0.2, 0.25) is 0 Å². The van der Waals surface area contributed by atoms with Gasteiger partial charge in [-0.15, -0.1) is 0 Å². The first kappa shape index (κ1) is 16.5. The average Bonchev–Trinajstić information content (AvgIpc) is 2.59. The second-order valence-corrected chi connectivity index (χ2v) is 4.84. The number of ketones is 1. The highest BCUT2D eigenvalue weighted by Crippen LogP contribution is 2.28. The largest absolute Gasteiger partial charge is 0.493 e. The average molecular weight is 315 g/mol. The SMILES string of the molecule is COc1ccc(C(=O)c2cccc(C(N)C(=O)O)c2)cc1OC. The maximum absolute atomic E-state index is 12.6. The molecule has 0 aromatic heterocycles. The summed E-state index contributed by atoms with van der Waals surface area (Å²) in [5, 5.41) is 8.97. The number of methoxy groups -OCH3 is 2. The molecule has 0 saturated carbocycles. The summed E-state index contributed by atoms with van der Waals surface area (Å²) in [6.07, 6.45) is 0. The number of carboxylic acids is 1. The highest BCUT2D eigenvalue weighted by atomic mass is 16.5. The zero-order valence-electron chi connectivity index (χ0n) is 12.8. The van der Waals surface area contributed by atoms with Crippen molar-refractivity contribution >= 4 is 11.8 Å². The molecular formula is C17H17NO5. The second-order valence-electron chi connectivity index (χ2n) is 4.84. The predicted octanol–water partition coefficient (Wildman–Crippen LogP) is 2.02. The molecule has 2 aromatic rings. The van der Waals surface area contributed by atoms with E-state index in [0.717, 1.165) is 0 Å². The summed E-state index contributed by atoms with van der Waals surface area (Å²) in [6, 6.07) is 9.93. The molecule has 0 saturated heterocycles. The quantitative estimate of drug-likeness (QED) is 0.791. The summed E-state index contributed by atoms with van der Waals surface area (Å²) < 4.78 is 10.3. The van der Waals surface area contributed by atoms with Crippen LogP contribution in [0.3, 0.4) is 0 Å². The first-order valence-electron chi connectivity index (χ1n) is 6.83. The van der Waals surface area contributed by atoms with Gasteiger partial charge in [-0.1, -0.05) is 18.2 Å². The van der Waals surface area contributed by atoms with Gasteiger partial charge >= 0.3 is 5.97 Å². The van der Waals surface area contributed by atoms with Crippen molar-refractivity contribution in [3.05, 3.63) is 59.2 Å². The highest BCUT2D eigenvalue weighted by molar-refractivity contribution is 6.09. The number of hydrogen-bond acceptors (Lipinski definition) is 5. The van der Waals surface area contributed by atoms with E-state index in [4.69, 9.17) is 20.3 Å². The lowest BCUT2D eigenvalue weighted by atomic mass is 9.98. The third kappa shape index (κ3) is 3.49. The Kier molecular flexibility index (Phi) is 4.98. The summed E-state index contributed by atoms with van der Waals surface area (Å²) in [5.41, 5.74) is 6.71. The fraction of sp³-hybridized carbons (Fsp3) is 0.176. The second kappa shape index (κ2) is 6.93. The highest BCUT2D eigenvalue weighted by Gasteiger charge is 2.17. The molecule has 0 radical (unpaired) electrons. The van der Waals surface area contributed by atoms with Gasteiger partial charge in [0.1, 0.15) is 6.04 Å². The van der Waals surface area contributed by atoms with E-state index >= 15 is 0 Å². The molecule has 2 rings (SSSR count). The van der Waals surface area contributed by atoms with Crippen molar-refractivity contribution in [3.63, 3.8) is 0 Å². The molecular weight excluding hydrogens is 298 g/mol. The van der Waals surface area contributed by atoms with Crippen LogP contribution in [0.1, 0.15) is 27.5 Å². The predicted molar refractivity (Wildman–Crippen MR) is 84.0 cm³/mol. The van der Waals surface area contributed by atoms with E-state index in [1.54, 1.807) is 36.4 Å². The molecule has 0 aliphatic rings. The van der Waals surface area contributed by atoms with Crippen molar-refractivity contribution in [3.8, 4) is 11.5 Å². The van der Waals surface area contributed by atoms with Crippen LogP contribution >= 0.6 is 0 Å². The van der Waals surface area contributed by atoms with Crippen molar-refractivity contribution in [1.82, 2.24) is 0 Å². The molecule has 1 atom stereocenters. The van der Waals surface area contributed by atoms with Gasteiger partial charge < -0.3 is 20.3 Å². The lowest BCUT2D eigenvalue weighted by molar-refractivity contribution is -0.138. The van der Waals surface area contributed by atoms with Crippen molar-refractivity contribution in [1.29, 1.82) is 0 Å². The molecule has 6 nitrogen and oxygen atoms in total. The van der Waals surface area contributed by atoms with Gasteiger partial charge in [0.15, 0.2) is 17.3 Å². The van der Waals surface area contributed by atoms with Gasteiger partial charge in [0.05, 0.1) is 14.2 Å². The summed E-state index contributed by atoms with van der Waals surface area (Å²) in [7, 11) is 2.99. The minimum absolute atomic E-state index is 0.259. The van der Waals surface area contributed by atoms with E-state index in [1.807, 2.05) is 0 Å². The minimum atomic E-state index is -1.17. The first-order chi connectivity index (χ1) is 11.0. The van der Waals surface area contributed by atoms with Crippen LogP contribution in [0, 0.1) is 0 Å². The van der Waals surface area contributed by atoms with Gasteiger partial charge in [-0.2, -0.15) is 0 Å². The van der Waals surface area contributed by atoms with Crippen LogP contribution in [0.15, 0.2) is 42.5 Å². The zero-order valence-corrected chi connectivity index (χ0v) is 12.8. The topological polar surface area (TPSA) is 98.9 Å². The third-order valence-electron chi connectivity index (χ3n) is 3.42. The molecule has 0 spiro atoms. The molecule has 3 N–H and O–H groups in total. The number of carboxylic acid groups (broad SMARTS) is 1. The van der Waals surface area contributed by atoms with Crippen molar-refractivity contribution in [2.45, 2.75) is 6.04 Å². The molecule has 0 heterocycles. The van der Waals surface area contributed by atoms with E-state index in [2.05, 4.69) is 0 Å². The number of carbonyl (C=O) groups is 2. The lowest BCUT2D eigenvalue weighted by Crippen LogP contribution is -2.21. The normalized spacial score (nSPS) is 11.6. The number of nitrogens with two attached hydrogens (primary N) is 1. The third-order valence-corrected chi connectivity index (χ3v) is 3.42. The number of benzene rings is 2. The Labute approximate surface area is 133 Å². The Morgan fingerprint density at radius 2 is 1.65 bits per heavy atom. The molecule has 120 valence electrons. The molecule has 0 aliphatic heterocycles. The number of hydrogen-bond donors (Lipinski definition) is 2. The van der Waals surface area contributed by atoms with Crippen molar-refractivity contribution < 1.29 is 24.2 Å². The molecule has 0 fully saturated rings. The van der Waals surface area contributed by atoms with Crippen LogP contribution < -0.4 is 15.2 Å². The van der Waals surface area contributed by atoms with Gasteiger partial charge in [-0.3, -0.25) is 9.59 Å². The Morgan fingerprint density at radius 1 is 1.00 bits per heavy atom.